The molecule has 9 heteroatoms. The molecular weight excluding hydrogens is 455 g/mol. The first-order chi connectivity index (χ1) is 16.5. The first-order valence-corrected chi connectivity index (χ1v) is 12.3. The lowest BCUT2D eigenvalue weighted by atomic mass is 9.99. The molecule has 176 valence electrons. The second-order valence-corrected chi connectivity index (χ2v) is 10.1. The van der Waals surface area contributed by atoms with Gasteiger partial charge < -0.3 is 19.9 Å². The Hall–Kier alpha value is -3.04. The number of hydrogen-bond donors (Lipinski definition) is 1. The van der Waals surface area contributed by atoms with Crippen LogP contribution in [0.2, 0.25) is 0 Å². The lowest BCUT2D eigenvalue weighted by molar-refractivity contribution is -0.131. The Labute approximate surface area is 201 Å². The minimum absolute atomic E-state index is 0.0225. The number of morpholine rings is 1. The third-order valence-corrected chi connectivity index (χ3v) is 7.95. The summed E-state index contributed by atoms with van der Waals surface area (Å²) < 4.78 is 20.4. The van der Waals surface area contributed by atoms with E-state index in [0.717, 1.165) is 50.2 Å². The molecule has 1 unspecified atom stereocenters. The molecular formula is C25H25FN4O3S. The van der Waals surface area contributed by atoms with Crippen LogP contribution in [0.15, 0.2) is 53.4 Å². The topological polar surface area (TPSA) is 65.1 Å². The number of nitrogens with one attached hydrogen (secondary N) is 1. The van der Waals surface area contributed by atoms with Gasteiger partial charge in [-0.1, -0.05) is 18.2 Å². The molecule has 3 heterocycles. The Bertz CT molecular complexity index is 1170. The molecule has 0 radical (unpaired) electrons. The van der Waals surface area contributed by atoms with Crippen molar-refractivity contribution in [1.29, 1.82) is 0 Å². The zero-order valence-corrected chi connectivity index (χ0v) is 19.4. The Morgan fingerprint density at radius 2 is 1.94 bits per heavy atom. The van der Waals surface area contributed by atoms with E-state index in [1.807, 2.05) is 4.90 Å². The van der Waals surface area contributed by atoms with Crippen LogP contribution in [0.1, 0.15) is 12.0 Å². The molecule has 2 fully saturated rings. The number of ether oxygens (including phenoxy) is 1. The Morgan fingerprint density at radius 1 is 1.15 bits per heavy atom. The van der Waals surface area contributed by atoms with Gasteiger partial charge in [-0.25, -0.2) is 9.18 Å². The fourth-order valence-electron chi connectivity index (χ4n) is 5.23. The highest BCUT2D eigenvalue weighted by molar-refractivity contribution is 7.97. The summed E-state index contributed by atoms with van der Waals surface area (Å²) in [7, 11) is 0. The average Bonchev–Trinajstić information content (AvgIpc) is 3.47. The summed E-state index contributed by atoms with van der Waals surface area (Å²) in [5.74, 6) is -0.133. The van der Waals surface area contributed by atoms with Gasteiger partial charge in [0, 0.05) is 25.3 Å². The number of fused-ring (bicyclic) bond motifs is 3. The smallest absolute Gasteiger partial charge is 0.332 e. The van der Waals surface area contributed by atoms with E-state index in [4.69, 9.17) is 4.74 Å². The van der Waals surface area contributed by atoms with Gasteiger partial charge in [-0.05, 0) is 65.8 Å². The van der Waals surface area contributed by atoms with Crippen LogP contribution in [0.5, 0.6) is 0 Å². The third-order valence-electron chi connectivity index (χ3n) is 6.90. The van der Waals surface area contributed by atoms with Crippen LogP contribution in [0, 0.1) is 11.7 Å². The van der Waals surface area contributed by atoms with Crippen molar-refractivity contribution in [2.24, 2.45) is 5.92 Å². The van der Waals surface area contributed by atoms with Crippen molar-refractivity contribution < 1.29 is 18.7 Å². The molecule has 3 aliphatic heterocycles. The highest BCUT2D eigenvalue weighted by atomic mass is 32.2. The van der Waals surface area contributed by atoms with E-state index in [1.165, 1.54) is 33.8 Å². The van der Waals surface area contributed by atoms with Crippen LogP contribution in [0.4, 0.5) is 20.6 Å². The standard InChI is InChI=1S/C25H25FN4O3S/c26-18-3-6-21-23(13-18)34-30(25(32)27-21)15-24(31)29-14-16-11-20(22(29)12-16)17-1-4-19(5-2-17)28-7-9-33-10-8-28/h1-6,11,13,16,22H,7-10,12,14-15H2,(H,27,32)/t16?,22-/m1/s1. The molecule has 4 aliphatic rings. The number of anilines is 2. The van der Waals surface area contributed by atoms with Gasteiger partial charge in [0.25, 0.3) is 0 Å². The molecule has 2 bridgehead atoms. The minimum Gasteiger partial charge on any atom is -0.378 e. The molecule has 2 saturated heterocycles. The maximum atomic E-state index is 13.6. The molecule has 6 rings (SSSR count). The van der Waals surface area contributed by atoms with E-state index in [2.05, 4.69) is 40.6 Å². The van der Waals surface area contributed by atoms with Crippen LogP contribution >= 0.6 is 11.9 Å². The number of halogens is 1. The molecule has 7 nitrogen and oxygen atoms in total. The van der Waals surface area contributed by atoms with Crippen LogP contribution in [0.25, 0.3) is 5.57 Å². The Morgan fingerprint density at radius 3 is 2.71 bits per heavy atom. The molecule has 0 saturated carbocycles. The van der Waals surface area contributed by atoms with E-state index in [-0.39, 0.29) is 30.3 Å². The predicted molar refractivity (Wildman–Crippen MR) is 129 cm³/mol. The van der Waals surface area contributed by atoms with Crippen LogP contribution in [-0.2, 0) is 9.53 Å². The second kappa shape index (κ2) is 8.63. The van der Waals surface area contributed by atoms with Gasteiger partial charge in [0.05, 0.1) is 29.8 Å². The number of benzene rings is 2. The SMILES string of the molecule is O=C1Nc2ccc(F)cc2SN1CC(=O)N1CC2C=C(c3ccc(N4CCOCC4)cc3)[C@H]1C2. The monoisotopic (exact) mass is 480 g/mol. The van der Waals surface area contributed by atoms with Gasteiger partial charge in [0.2, 0.25) is 5.91 Å². The molecule has 2 aromatic rings. The fraction of sp³-hybridized carbons (Fsp3) is 0.360. The quantitative estimate of drug-likeness (QED) is 0.674. The van der Waals surface area contributed by atoms with Crippen LogP contribution < -0.4 is 10.2 Å². The van der Waals surface area contributed by atoms with Crippen molar-refractivity contribution in [2.45, 2.75) is 17.4 Å². The van der Waals surface area contributed by atoms with Crippen LogP contribution in [0.3, 0.4) is 0 Å². The summed E-state index contributed by atoms with van der Waals surface area (Å²) in [4.78, 5) is 30.6. The van der Waals surface area contributed by atoms with Gasteiger partial charge in [-0.2, -0.15) is 0 Å². The first kappa shape index (κ1) is 21.5. The molecule has 3 amide bonds. The van der Waals surface area contributed by atoms with Gasteiger partial charge in [-0.3, -0.25) is 9.10 Å². The number of rotatable bonds is 4. The van der Waals surface area contributed by atoms with Crippen molar-refractivity contribution in [2.75, 3.05) is 49.6 Å². The fourth-order valence-corrected chi connectivity index (χ4v) is 6.15. The molecule has 0 aromatic heterocycles. The summed E-state index contributed by atoms with van der Waals surface area (Å²) in [6.45, 7) is 3.91. The average molecular weight is 481 g/mol. The summed E-state index contributed by atoms with van der Waals surface area (Å²) in [6, 6.07) is 12.4. The largest absolute Gasteiger partial charge is 0.378 e. The number of urea groups is 1. The van der Waals surface area contributed by atoms with Crippen molar-refractivity contribution in [3.8, 4) is 0 Å². The van der Waals surface area contributed by atoms with E-state index >= 15 is 0 Å². The predicted octanol–water partition coefficient (Wildman–Crippen LogP) is 3.83. The van der Waals surface area contributed by atoms with Gasteiger partial charge in [0.15, 0.2) is 0 Å². The van der Waals surface area contributed by atoms with E-state index in [0.29, 0.717) is 23.0 Å². The second-order valence-electron chi connectivity index (χ2n) is 9.02. The van der Waals surface area contributed by atoms with Crippen molar-refractivity contribution >= 4 is 40.8 Å². The van der Waals surface area contributed by atoms with Crippen molar-refractivity contribution in [1.82, 2.24) is 9.21 Å². The zero-order valence-electron chi connectivity index (χ0n) is 18.6. The Balaban J connectivity index is 1.14. The Kier molecular flexibility index (Phi) is 5.45. The van der Waals surface area contributed by atoms with E-state index < -0.39 is 0 Å². The molecule has 1 N–H and O–H groups in total. The summed E-state index contributed by atoms with van der Waals surface area (Å²) in [5.41, 5.74) is 4.07. The number of carbonyl (C=O) groups is 2. The first-order valence-electron chi connectivity index (χ1n) is 11.6. The van der Waals surface area contributed by atoms with Crippen LogP contribution in [-0.4, -0.2) is 66.6 Å². The zero-order chi connectivity index (χ0) is 23.2. The highest BCUT2D eigenvalue weighted by Crippen LogP contribution is 2.43. The van der Waals surface area contributed by atoms with Crippen molar-refractivity contribution in [3.63, 3.8) is 0 Å². The van der Waals surface area contributed by atoms with Crippen molar-refractivity contribution in [3.05, 3.63) is 59.9 Å². The number of amides is 3. The number of hydrogen-bond acceptors (Lipinski definition) is 5. The number of likely N-dealkylation sites (tertiary alicyclic amines) is 1. The molecule has 34 heavy (non-hydrogen) atoms. The highest BCUT2D eigenvalue weighted by Gasteiger charge is 2.42. The van der Waals surface area contributed by atoms with E-state index in [1.54, 1.807) is 0 Å². The van der Waals surface area contributed by atoms with Gasteiger partial charge >= 0.3 is 6.03 Å². The molecule has 2 aromatic carbocycles. The normalized spacial score (nSPS) is 23.6. The summed E-state index contributed by atoms with van der Waals surface area (Å²) in [5, 5.41) is 2.74. The lowest BCUT2D eigenvalue weighted by Gasteiger charge is -2.33. The lowest BCUT2D eigenvalue weighted by Crippen LogP contribution is -2.45. The van der Waals surface area contributed by atoms with Gasteiger partial charge in [0.1, 0.15) is 12.4 Å². The maximum Gasteiger partial charge on any atom is 0.332 e. The molecule has 0 spiro atoms. The molecule has 2 atom stereocenters. The number of carbonyl (C=O) groups excluding carboxylic acids is 2. The third kappa shape index (κ3) is 3.92. The molecule has 1 aliphatic carbocycles. The summed E-state index contributed by atoms with van der Waals surface area (Å²) in [6.07, 6.45) is 3.21. The summed E-state index contributed by atoms with van der Waals surface area (Å²) >= 11 is 1.10. The minimum atomic E-state index is -0.375. The number of nitrogens with zero attached hydrogens (tertiary/aromatic N) is 3. The maximum absolute atomic E-state index is 13.6. The van der Waals surface area contributed by atoms with Gasteiger partial charge in [-0.15, -0.1) is 0 Å². The van der Waals surface area contributed by atoms with E-state index in [9.17, 15) is 14.0 Å².